The van der Waals surface area contributed by atoms with Crippen molar-refractivity contribution in [3.63, 3.8) is 0 Å². The second-order valence-corrected chi connectivity index (χ2v) is 10.2. The van der Waals surface area contributed by atoms with Crippen LogP contribution >= 0.6 is 11.3 Å². The monoisotopic (exact) mass is 475 g/mol. The Morgan fingerprint density at radius 2 is 1.88 bits per heavy atom. The van der Waals surface area contributed by atoms with Gasteiger partial charge in [-0.1, -0.05) is 44.4 Å². The summed E-state index contributed by atoms with van der Waals surface area (Å²) >= 11 is 1.69. The van der Waals surface area contributed by atoms with Gasteiger partial charge in [-0.05, 0) is 56.7 Å². The van der Waals surface area contributed by atoms with Crippen molar-refractivity contribution in [1.82, 2.24) is 19.9 Å². The highest BCUT2D eigenvalue weighted by atomic mass is 32.1. The molecule has 0 amide bonds. The van der Waals surface area contributed by atoms with E-state index < -0.39 is 0 Å². The summed E-state index contributed by atoms with van der Waals surface area (Å²) in [6, 6.07) is 10.4. The molecule has 3 heterocycles. The SMILES string of the molecule is CCc1nc(-c2cc(Oc3ccc4nc(N[C@@H](C)C5CCCCC5)sc4c3)ccn2)[nH]c1CC. The Morgan fingerprint density at radius 1 is 1.06 bits per heavy atom. The number of pyridine rings is 1. The first kappa shape index (κ1) is 22.8. The molecule has 0 saturated heterocycles. The first-order valence-electron chi connectivity index (χ1n) is 12.5. The first-order valence-corrected chi connectivity index (χ1v) is 13.3. The summed E-state index contributed by atoms with van der Waals surface area (Å²) in [6.07, 6.45) is 10.3. The van der Waals surface area contributed by atoms with Gasteiger partial charge in [-0.2, -0.15) is 0 Å². The molecule has 1 saturated carbocycles. The topological polar surface area (TPSA) is 75.7 Å². The maximum Gasteiger partial charge on any atom is 0.184 e. The van der Waals surface area contributed by atoms with E-state index in [2.05, 4.69) is 42.1 Å². The fourth-order valence-electron chi connectivity index (χ4n) is 4.87. The van der Waals surface area contributed by atoms with Crippen LogP contribution in [0.4, 0.5) is 5.13 Å². The quantitative estimate of drug-likeness (QED) is 0.278. The summed E-state index contributed by atoms with van der Waals surface area (Å²) in [4.78, 5) is 17.5. The number of aromatic nitrogens is 4. The van der Waals surface area contributed by atoms with E-state index in [0.29, 0.717) is 6.04 Å². The van der Waals surface area contributed by atoms with E-state index in [1.807, 2.05) is 24.3 Å². The number of benzene rings is 1. The number of imidazole rings is 1. The van der Waals surface area contributed by atoms with Gasteiger partial charge >= 0.3 is 0 Å². The van der Waals surface area contributed by atoms with Crippen molar-refractivity contribution < 1.29 is 4.74 Å². The lowest BCUT2D eigenvalue weighted by molar-refractivity contribution is 0.328. The average Bonchev–Trinajstić information content (AvgIpc) is 3.47. The number of thiazole rings is 1. The first-order chi connectivity index (χ1) is 16.6. The van der Waals surface area contributed by atoms with Gasteiger partial charge in [0.15, 0.2) is 11.0 Å². The summed E-state index contributed by atoms with van der Waals surface area (Å²) in [5.41, 5.74) is 4.06. The number of fused-ring (bicyclic) bond motifs is 1. The summed E-state index contributed by atoms with van der Waals surface area (Å²) in [5.74, 6) is 3.07. The van der Waals surface area contributed by atoms with E-state index in [0.717, 1.165) is 62.8 Å². The Hall–Kier alpha value is -2.93. The third-order valence-electron chi connectivity index (χ3n) is 6.83. The second kappa shape index (κ2) is 10.1. The highest BCUT2D eigenvalue weighted by Gasteiger charge is 2.21. The summed E-state index contributed by atoms with van der Waals surface area (Å²) in [7, 11) is 0. The summed E-state index contributed by atoms with van der Waals surface area (Å²) in [6.45, 7) is 6.55. The van der Waals surface area contributed by atoms with Crippen LogP contribution in [0.1, 0.15) is 64.3 Å². The molecule has 1 aliphatic carbocycles. The fraction of sp³-hybridized carbons (Fsp3) is 0.444. The molecule has 178 valence electrons. The zero-order valence-electron chi connectivity index (χ0n) is 20.2. The molecule has 0 aliphatic heterocycles. The van der Waals surface area contributed by atoms with Gasteiger partial charge in [0.1, 0.15) is 17.2 Å². The number of H-pyrrole nitrogens is 1. The van der Waals surface area contributed by atoms with Crippen LogP contribution in [0.25, 0.3) is 21.7 Å². The molecule has 0 radical (unpaired) electrons. The molecular weight excluding hydrogens is 442 g/mol. The molecule has 34 heavy (non-hydrogen) atoms. The van der Waals surface area contributed by atoms with Crippen molar-refractivity contribution >= 4 is 26.7 Å². The Labute approximate surface area is 205 Å². The molecule has 0 bridgehead atoms. The summed E-state index contributed by atoms with van der Waals surface area (Å²) < 4.78 is 7.32. The van der Waals surface area contributed by atoms with Crippen LogP contribution in [0.15, 0.2) is 36.5 Å². The third-order valence-corrected chi connectivity index (χ3v) is 7.78. The van der Waals surface area contributed by atoms with Gasteiger partial charge in [0, 0.05) is 30.1 Å². The maximum atomic E-state index is 6.20. The smallest absolute Gasteiger partial charge is 0.184 e. The zero-order valence-corrected chi connectivity index (χ0v) is 21.0. The predicted octanol–water partition coefficient (Wildman–Crippen LogP) is 7.38. The minimum absolute atomic E-state index is 0.454. The van der Waals surface area contributed by atoms with Gasteiger partial charge in [-0.3, -0.25) is 4.98 Å². The van der Waals surface area contributed by atoms with Crippen molar-refractivity contribution in [2.24, 2.45) is 5.92 Å². The number of hydrogen-bond acceptors (Lipinski definition) is 6. The van der Waals surface area contributed by atoms with E-state index in [1.165, 1.54) is 37.8 Å². The maximum absolute atomic E-state index is 6.20. The Balaban J connectivity index is 1.31. The average molecular weight is 476 g/mol. The van der Waals surface area contributed by atoms with Gasteiger partial charge in [-0.25, -0.2) is 9.97 Å². The zero-order chi connectivity index (χ0) is 23.5. The number of hydrogen-bond donors (Lipinski definition) is 2. The fourth-order valence-corrected chi connectivity index (χ4v) is 5.86. The van der Waals surface area contributed by atoms with Gasteiger partial charge in [0.2, 0.25) is 0 Å². The summed E-state index contributed by atoms with van der Waals surface area (Å²) in [5, 5.41) is 4.65. The van der Waals surface area contributed by atoms with Crippen molar-refractivity contribution in [3.8, 4) is 23.0 Å². The van der Waals surface area contributed by atoms with Crippen molar-refractivity contribution in [3.05, 3.63) is 47.9 Å². The standard InChI is InChI=1S/C27H33N5OS/c1-4-21-22(5-2)31-26(30-21)24-15-20(13-14-28-24)33-19-11-12-23-25(16-19)34-27(32-23)29-17(3)18-9-7-6-8-10-18/h11-18H,4-10H2,1-3H3,(H,29,32)(H,30,31)/t17-/m0/s1. The van der Waals surface area contributed by atoms with Gasteiger partial charge in [-0.15, -0.1) is 0 Å². The van der Waals surface area contributed by atoms with Gasteiger partial charge in [0.05, 0.1) is 15.9 Å². The minimum Gasteiger partial charge on any atom is -0.457 e. The van der Waals surface area contributed by atoms with Crippen LogP contribution in [-0.4, -0.2) is 26.0 Å². The number of nitrogens with one attached hydrogen (secondary N) is 2. The van der Waals surface area contributed by atoms with E-state index in [9.17, 15) is 0 Å². The van der Waals surface area contributed by atoms with Gasteiger partial charge < -0.3 is 15.0 Å². The normalized spacial score (nSPS) is 15.5. The third kappa shape index (κ3) is 4.94. The molecule has 6 nitrogen and oxygen atoms in total. The van der Waals surface area contributed by atoms with Crippen LogP contribution in [0.3, 0.4) is 0 Å². The molecular formula is C27H33N5OS. The lowest BCUT2D eigenvalue weighted by Gasteiger charge is -2.28. The number of nitrogens with zero attached hydrogens (tertiary/aromatic N) is 3. The van der Waals surface area contributed by atoms with Crippen molar-refractivity contribution in [2.45, 2.75) is 71.8 Å². The molecule has 1 aromatic carbocycles. The van der Waals surface area contributed by atoms with Gasteiger partial charge in [0.25, 0.3) is 0 Å². The lowest BCUT2D eigenvalue weighted by Crippen LogP contribution is -2.27. The molecule has 2 N–H and O–H groups in total. The second-order valence-electron chi connectivity index (χ2n) is 9.18. The molecule has 1 fully saturated rings. The van der Waals surface area contributed by atoms with Crippen LogP contribution in [0.5, 0.6) is 11.5 Å². The number of ether oxygens (including phenoxy) is 1. The van der Waals surface area contributed by atoms with Crippen LogP contribution in [-0.2, 0) is 12.8 Å². The molecule has 5 rings (SSSR count). The molecule has 0 unspecified atom stereocenters. The Morgan fingerprint density at radius 3 is 2.65 bits per heavy atom. The van der Waals surface area contributed by atoms with Crippen LogP contribution < -0.4 is 10.1 Å². The molecule has 7 heteroatoms. The number of anilines is 1. The van der Waals surface area contributed by atoms with Crippen LogP contribution in [0.2, 0.25) is 0 Å². The largest absolute Gasteiger partial charge is 0.457 e. The lowest BCUT2D eigenvalue weighted by atomic mass is 9.85. The molecule has 1 aliphatic rings. The molecule has 1 atom stereocenters. The number of aryl methyl sites for hydroxylation is 2. The molecule has 4 aromatic rings. The van der Waals surface area contributed by atoms with Crippen molar-refractivity contribution in [1.29, 1.82) is 0 Å². The molecule has 0 spiro atoms. The Bertz CT molecular complexity index is 1240. The molecule has 3 aromatic heterocycles. The van der Waals surface area contributed by atoms with E-state index >= 15 is 0 Å². The van der Waals surface area contributed by atoms with E-state index in [4.69, 9.17) is 14.7 Å². The number of aromatic amines is 1. The van der Waals surface area contributed by atoms with E-state index in [-0.39, 0.29) is 0 Å². The highest BCUT2D eigenvalue weighted by molar-refractivity contribution is 7.22. The minimum atomic E-state index is 0.454. The van der Waals surface area contributed by atoms with Crippen molar-refractivity contribution in [2.75, 3.05) is 5.32 Å². The van der Waals surface area contributed by atoms with E-state index in [1.54, 1.807) is 17.5 Å². The Kier molecular flexibility index (Phi) is 6.81. The van der Waals surface area contributed by atoms with Crippen LogP contribution in [0, 0.1) is 5.92 Å². The number of rotatable bonds is 8. The highest BCUT2D eigenvalue weighted by Crippen LogP contribution is 2.34. The predicted molar refractivity (Wildman–Crippen MR) is 140 cm³/mol.